The number of methoxy groups -OCH3 is 1. The summed E-state index contributed by atoms with van der Waals surface area (Å²) in [5.74, 6) is 0.316. The second-order valence-corrected chi connectivity index (χ2v) is 5.50. The highest BCUT2D eigenvalue weighted by Crippen LogP contribution is 2.27. The molecule has 0 fully saturated rings. The first kappa shape index (κ1) is 16.0. The van der Waals surface area contributed by atoms with Crippen molar-refractivity contribution in [2.24, 2.45) is 0 Å². The maximum atomic E-state index is 12.1. The zero-order valence-electron chi connectivity index (χ0n) is 13.0. The van der Waals surface area contributed by atoms with Crippen molar-refractivity contribution >= 4 is 40.2 Å². The summed E-state index contributed by atoms with van der Waals surface area (Å²) in [7, 11) is 1.54. The summed E-state index contributed by atoms with van der Waals surface area (Å²) < 4.78 is 5.09. The fraction of sp³-hybridized carbons (Fsp3) is 0.0526. The smallest absolute Gasteiger partial charge is 0.248 e. The molecule has 0 aliphatic heterocycles. The van der Waals surface area contributed by atoms with Crippen molar-refractivity contribution in [3.05, 3.63) is 71.4 Å². The van der Waals surface area contributed by atoms with Crippen molar-refractivity contribution in [2.75, 3.05) is 12.4 Å². The SMILES string of the molecule is COc1ccc(NC(=O)/C=C/c2cccc3cccnc23)cc1Cl. The molecule has 2 aromatic carbocycles. The monoisotopic (exact) mass is 338 g/mol. The van der Waals surface area contributed by atoms with Crippen molar-refractivity contribution in [1.29, 1.82) is 0 Å². The van der Waals surface area contributed by atoms with Gasteiger partial charge in [0, 0.05) is 28.9 Å². The number of hydrogen-bond donors (Lipinski definition) is 1. The number of carbonyl (C=O) groups is 1. The summed E-state index contributed by atoms with van der Waals surface area (Å²) >= 11 is 6.05. The number of para-hydroxylation sites is 1. The number of pyridine rings is 1. The second kappa shape index (κ2) is 7.15. The van der Waals surface area contributed by atoms with E-state index in [1.54, 1.807) is 37.6 Å². The highest BCUT2D eigenvalue weighted by Gasteiger charge is 2.04. The van der Waals surface area contributed by atoms with E-state index in [1.807, 2.05) is 30.3 Å². The standard InChI is InChI=1S/C19H15ClN2O2/c1-24-17-9-8-15(12-16(17)20)22-18(23)10-7-14-5-2-4-13-6-3-11-21-19(13)14/h2-12H,1H3,(H,22,23)/b10-7+. The molecule has 0 radical (unpaired) electrons. The number of benzene rings is 2. The molecule has 0 saturated carbocycles. The van der Waals surface area contributed by atoms with Gasteiger partial charge >= 0.3 is 0 Å². The third kappa shape index (κ3) is 3.55. The maximum Gasteiger partial charge on any atom is 0.248 e. The predicted molar refractivity (Wildman–Crippen MR) is 97.4 cm³/mol. The molecule has 0 aliphatic rings. The average Bonchev–Trinajstić information content (AvgIpc) is 2.60. The normalized spacial score (nSPS) is 10.9. The van der Waals surface area contributed by atoms with Crippen LogP contribution < -0.4 is 10.1 Å². The van der Waals surface area contributed by atoms with Crippen molar-refractivity contribution in [1.82, 2.24) is 4.98 Å². The van der Waals surface area contributed by atoms with E-state index in [1.165, 1.54) is 6.08 Å². The predicted octanol–water partition coefficient (Wildman–Crippen LogP) is 4.55. The number of amides is 1. The summed E-state index contributed by atoms with van der Waals surface area (Å²) in [6.45, 7) is 0. The van der Waals surface area contributed by atoms with Gasteiger partial charge in [0.1, 0.15) is 5.75 Å². The van der Waals surface area contributed by atoms with Gasteiger partial charge in [0.2, 0.25) is 5.91 Å². The van der Waals surface area contributed by atoms with E-state index < -0.39 is 0 Å². The number of aromatic nitrogens is 1. The first-order valence-corrected chi connectivity index (χ1v) is 7.71. The van der Waals surface area contributed by atoms with Gasteiger partial charge in [-0.15, -0.1) is 0 Å². The lowest BCUT2D eigenvalue weighted by Crippen LogP contribution is -2.07. The Morgan fingerprint density at radius 3 is 2.83 bits per heavy atom. The Balaban J connectivity index is 1.76. The molecule has 4 nitrogen and oxygen atoms in total. The lowest BCUT2D eigenvalue weighted by atomic mass is 10.1. The largest absolute Gasteiger partial charge is 0.495 e. The minimum Gasteiger partial charge on any atom is -0.495 e. The Morgan fingerprint density at radius 2 is 2.04 bits per heavy atom. The van der Waals surface area contributed by atoms with Crippen molar-refractivity contribution in [2.45, 2.75) is 0 Å². The Hall–Kier alpha value is -2.85. The molecule has 0 aliphatic carbocycles. The molecule has 1 aromatic heterocycles. The van der Waals surface area contributed by atoms with Gasteiger partial charge in [-0.05, 0) is 30.3 Å². The summed E-state index contributed by atoms with van der Waals surface area (Å²) in [5, 5.41) is 4.24. The number of rotatable bonds is 4. The van der Waals surface area contributed by atoms with Gasteiger partial charge in [-0.25, -0.2) is 0 Å². The number of ether oxygens (including phenoxy) is 1. The molecule has 24 heavy (non-hydrogen) atoms. The highest BCUT2D eigenvalue weighted by molar-refractivity contribution is 6.32. The molecule has 0 saturated heterocycles. The Kier molecular flexibility index (Phi) is 4.77. The summed E-state index contributed by atoms with van der Waals surface area (Å²) in [4.78, 5) is 16.5. The quantitative estimate of drug-likeness (QED) is 0.710. The number of anilines is 1. The van der Waals surface area contributed by atoms with E-state index in [0.717, 1.165) is 16.5 Å². The molecule has 0 spiro atoms. The first-order valence-electron chi connectivity index (χ1n) is 7.34. The molecule has 3 aromatic rings. The van der Waals surface area contributed by atoms with Gasteiger partial charge in [0.25, 0.3) is 0 Å². The summed E-state index contributed by atoms with van der Waals surface area (Å²) in [6.07, 6.45) is 4.95. The van der Waals surface area contributed by atoms with Crippen LogP contribution in [0.15, 0.2) is 60.8 Å². The minimum atomic E-state index is -0.246. The van der Waals surface area contributed by atoms with Crippen LogP contribution >= 0.6 is 11.6 Å². The number of fused-ring (bicyclic) bond motifs is 1. The molecule has 1 N–H and O–H groups in total. The van der Waals surface area contributed by atoms with E-state index in [0.29, 0.717) is 16.5 Å². The first-order chi connectivity index (χ1) is 11.7. The second-order valence-electron chi connectivity index (χ2n) is 5.09. The van der Waals surface area contributed by atoms with Crippen LogP contribution in [-0.2, 0) is 4.79 Å². The highest BCUT2D eigenvalue weighted by atomic mass is 35.5. The zero-order chi connectivity index (χ0) is 16.9. The fourth-order valence-corrected chi connectivity index (χ4v) is 2.61. The number of carbonyl (C=O) groups excluding carboxylic acids is 1. The third-order valence-electron chi connectivity index (χ3n) is 3.50. The minimum absolute atomic E-state index is 0.246. The van der Waals surface area contributed by atoms with Crippen LogP contribution in [-0.4, -0.2) is 18.0 Å². The molecule has 0 atom stereocenters. The summed E-state index contributed by atoms with van der Waals surface area (Å²) in [6, 6.07) is 14.8. The molecule has 0 unspecified atom stereocenters. The molecule has 0 bridgehead atoms. The third-order valence-corrected chi connectivity index (χ3v) is 3.79. The van der Waals surface area contributed by atoms with Gasteiger partial charge in [0.05, 0.1) is 17.6 Å². The molecule has 5 heteroatoms. The topological polar surface area (TPSA) is 51.2 Å². The van der Waals surface area contributed by atoms with Crippen LogP contribution in [0, 0.1) is 0 Å². The lowest BCUT2D eigenvalue weighted by molar-refractivity contribution is -0.111. The number of nitrogens with zero attached hydrogens (tertiary/aromatic N) is 1. The van der Waals surface area contributed by atoms with E-state index in [4.69, 9.17) is 16.3 Å². The van der Waals surface area contributed by atoms with Crippen molar-refractivity contribution in [3.63, 3.8) is 0 Å². The van der Waals surface area contributed by atoms with Crippen LogP contribution in [0.25, 0.3) is 17.0 Å². The van der Waals surface area contributed by atoms with Crippen molar-refractivity contribution < 1.29 is 9.53 Å². The Labute approximate surface area is 144 Å². The maximum absolute atomic E-state index is 12.1. The zero-order valence-corrected chi connectivity index (χ0v) is 13.7. The molecule has 1 amide bonds. The van der Waals surface area contributed by atoms with E-state index in [2.05, 4.69) is 10.3 Å². The molecular weight excluding hydrogens is 324 g/mol. The number of hydrogen-bond acceptors (Lipinski definition) is 3. The van der Waals surface area contributed by atoms with Crippen LogP contribution in [0.5, 0.6) is 5.75 Å². The van der Waals surface area contributed by atoms with E-state index in [9.17, 15) is 4.79 Å². The van der Waals surface area contributed by atoms with Gasteiger partial charge < -0.3 is 10.1 Å². The van der Waals surface area contributed by atoms with Crippen molar-refractivity contribution in [3.8, 4) is 5.75 Å². The van der Waals surface area contributed by atoms with Gasteiger partial charge in [0.15, 0.2) is 0 Å². The Bertz CT molecular complexity index is 917. The lowest BCUT2D eigenvalue weighted by Gasteiger charge is -2.06. The van der Waals surface area contributed by atoms with E-state index >= 15 is 0 Å². The molecule has 120 valence electrons. The van der Waals surface area contributed by atoms with Crippen LogP contribution in [0.3, 0.4) is 0 Å². The molecular formula is C19H15ClN2O2. The number of nitrogens with one attached hydrogen (secondary N) is 1. The molecule has 3 rings (SSSR count). The van der Waals surface area contributed by atoms with Crippen LogP contribution in [0.2, 0.25) is 5.02 Å². The van der Waals surface area contributed by atoms with Gasteiger partial charge in [-0.1, -0.05) is 35.9 Å². The van der Waals surface area contributed by atoms with E-state index in [-0.39, 0.29) is 5.91 Å². The van der Waals surface area contributed by atoms with Gasteiger partial charge in [-0.3, -0.25) is 9.78 Å². The van der Waals surface area contributed by atoms with Crippen LogP contribution in [0.1, 0.15) is 5.56 Å². The van der Waals surface area contributed by atoms with Gasteiger partial charge in [-0.2, -0.15) is 0 Å². The average molecular weight is 339 g/mol. The summed E-state index contributed by atoms with van der Waals surface area (Å²) in [5.41, 5.74) is 2.35. The molecule has 1 heterocycles. The fourth-order valence-electron chi connectivity index (χ4n) is 2.36. The number of halogens is 1. The van der Waals surface area contributed by atoms with Crippen LogP contribution in [0.4, 0.5) is 5.69 Å². The Morgan fingerprint density at radius 1 is 1.21 bits per heavy atom.